The lowest BCUT2D eigenvalue weighted by atomic mass is 9.89. The van der Waals surface area contributed by atoms with Crippen LogP contribution in [0, 0.1) is 5.92 Å². The van der Waals surface area contributed by atoms with Crippen molar-refractivity contribution in [2.45, 2.75) is 49.8 Å². The van der Waals surface area contributed by atoms with E-state index in [1.54, 1.807) is 17.7 Å². The lowest BCUT2D eigenvalue weighted by Gasteiger charge is -2.18. The highest BCUT2D eigenvalue weighted by Gasteiger charge is 2.25. The van der Waals surface area contributed by atoms with Crippen LogP contribution in [0.25, 0.3) is 10.2 Å². The van der Waals surface area contributed by atoms with Gasteiger partial charge in [-0.2, -0.15) is 0 Å². The lowest BCUT2D eigenvalue weighted by Crippen LogP contribution is -2.15. The average molecular weight is 322 g/mol. The fourth-order valence-electron chi connectivity index (χ4n) is 2.78. The van der Waals surface area contributed by atoms with Crippen LogP contribution in [0.4, 0.5) is 0 Å². The van der Waals surface area contributed by atoms with E-state index in [2.05, 4.69) is 16.9 Å². The first kappa shape index (κ1) is 14.8. The van der Waals surface area contributed by atoms with Gasteiger partial charge in [0, 0.05) is 10.3 Å². The number of hydrogen-bond acceptors (Lipinski definition) is 5. The third-order valence-corrected chi connectivity index (χ3v) is 6.47. The minimum atomic E-state index is -0.771. The van der Waals surface area contributed by atoms with Gasteiger partial charge in [0.15, 0.2) is 0 Å². The van der Waals surface area contributed by atoms with E-state index in [0.717, 1.165) is 34.0 Å². The molecule has 2 heterocycles. The maximum Gasteiger partial charge on any atom is 0.317 e. The third-order valence-electron chi connectivity index (χ3n) is 3.96. The van der Waals surface area contributed by atoms with Crippen molar-refractivity contribution in [2.75, 3.05) is 0 Å². The van der Waals surface area contributed by atoms with E-state index in [-0.39, 0.29) is 0 Å². The smallest absolute Gasteiger partial charge is 0.317 e. The van der Waals surface area contributed by atoms with Crippen molar-refractivity contribution in [3.63, 3.8) is 0 Å². The van der Waals surface area contributed by atoms with Gasteiger partial charge >= 0.3 is 5.97 Å². The summed E-state index contributed by atoms with van der Waals surface area (Å²) in [5.74, 6) is -0.0518. The number of aliphatic carboxylic acids is 1. The summed E-state index contributed by atoms with van der Waals surface area (Å²) in [7, 11) is 0. The topological polar surface area (TPSA) is 63.1 Å². The zero-order chi connectivity index (χ0) is 15.0. The summed E-state index contributed by atoms with van der Waals surface area (Å²) in [5.41, 5.74) is 1.36. The molecule has 4 nitrogen and oxygen atoms in total. The molecule has 0 fully saturated rings. The molecule has 2 aromatic heterocycles. The van der Waals surface area contributed by atoms with Gasteiger partial charge in [-0.15, -0.1) is 11.3 Å². The lowest BCUT2D eigenvalue weighted by molar-refractivity contribution is -0.136. The van der Waals surface area contributed by atoms with Crippen molar-refractivity contribution in [3.05, 3.63) is 16.8 Å². The zero-order valence-corrected chi connectivity index (χ0v) is 13.8. The molecule has 1 aliphatic rings. The molecule has 21 heavy (non-hydrogen) atoms. The van der Waals surface area contributed by atoms with Crippen LogP contribution in [0.3, 0.4) is 0 Å². The summed E-state index contributed by atoms with van der Waals surface area (Å²) in [6.45, 7) is 4.18. The van der Waals surface area contributed by atoms with E-state index >= 15 is 0 Å². The number of carboxylic acid groups (broad SMARTS) is 1. The van der Waals surface area contributed by atoms with Crippen LogP contribution >= 0.6 is 23.1 Å². The largest absolute Gasteiger partial charge is 0.480 e. The number of carboxylic acids is 1. The van der Waals surface area contributed by atoms with Gasteiger partial charge in [0.05, 0.1) is 0 Å². The highest BCUT2D eigenvalue weighted by Crippen LogP contribution is 2.41. The summed E-state index contributed by atoms with van der Waals surface area (Å²) in [6, 6.07) is 0. The quantitative estimate of drug-likeness (QED) is 0.686. The molecule has 0 radical (unpaired) electrons. The molecule has 0 amide bonds. The summed E-state index contributed by atoms with van der Waals surface area (Å²) >= 11 is 3.11. The number of carbonyl (C=O) groups is 1. The molecule has 2 atom stereocenters. The first-order valence-electron chi connectivity index (χ1n) is 7.24. The molecule has 2 aromatic rings. The Kier molecular flexibility index (Phi) is 4.17. The van der Waals surface area contributed by atoms with E-state index in [1.165, 1.54) is 28.6 Å². The van der Waals surface area contributed by atoms with Crippen LogP contribution in [-0.2, 0) is 17.6 Å². The van der Waals surface area contributed by atoms with Crippen molar-refractivity contribution in [2.24, 2.45) is 5.92 Å². The first-order chi connectivity index (χ1) is 10.1. The Hall–Kier alpha value is -1.14. The second-order valence-electron chi connectivity index (χ2n) is 5.56. The molecule has 0 saturated carbocycles. The third kappa shape index (κ3) is 2.79. The van der Waals surface area contributed by atoms with Crippen LogP contribution in [0.1, 0.15) is 37.1 Å². The fourth-order valence-corrected chi connectivity index (χ4v) is 5.18. The molecule has 0 unspecified atom stereocenters. The molecule has 3 rings (SSSR count). The van der Waals surface area contributed by atoms with Crippen molar-refractivity contribution < 1.29 is 9.90 Å². The molecule has 0 aliphatic heterocycles. The Morgan fingerprint density at radius 1 is 1.57 bits per heavy atom. The monoisotopic (exact) mass is 322 g/mol. The summed E-state index contributed by atoms with van der Waals surface area (Å²) in [5, 5.41) is 10.8. The predicted molar refractivity (Wildman–Crippen MR) is 86.2 cm³/mol. The Balaban J connectivity index is 2.05. The van der Waals surface area contributed by atoms with E-state index in [9.17, 15) is 9.90 Å². The first-order valence-corrected chi connectivity index (χ1v) is 8.94. The van der Waals surface area contributed by atoms with Gasteiger partial charge in [0.2, 0.25) is 0 Å². The van der Waals surface area contributed by atoms with Crippen LogP contribution in [0.2, 0.25) is 0 Å². The van der Waals surface area contributed by atoms with Crippen molar-refractivity contribution in [1.29, 1.82) is 0 Å². The highest BCUT2D eigenvalue weighted by molar-refractivity contribution is 8.00. The van der Waals surface area contributed by atoms with E-state index in [4.69, 9.17) is 0 Å². The van der Waals surface area contributed by atoms with Crippen molar-refractivity contribution >= 4 is 39.3 Å². The van der Waals surface area contributed by atoms with Gasteiger partial charge in [-0.1, -0.05) is 25.6 Å². The predicted octanol–water partition coefficient (Wildman–Crippen LogP) is 3.77. The molecule has 6 heteroatoms. The van der Waals surface area contributed by atoms with Crippen LogP contribution in [0.5, 0.6) is 0 Å². The Bertz CT molecular complexity index is 684. The molecule has 1 aliphatic carbocycles. The van der Waals surface area contributed by atoms with Gasteiger partial charge in [-0.05, 0) is 37.2 Å². The van der Waals surface area contributed by atoms with E-state index < -0.39 is 11.2 Å². The number of fused-ring (bicyclic) bond motifs is 3. The normalized spacial score (nSPS) is 19.4. The summed E-state index contributed by atoms with van der Waals surface area (Å²) in [6.07, 6.45) is 5.51. The van der Waals surface area contributed by atoms with Crippen molar-refractivity contribution in [1.82, 2.24) is 9.97 Å². The van der Waals surface area contributed by atoms with Crippen LogP contribution in [0.15, 0.2) is 11.4 Å². The van der Waals surface area contributed by atoms with E-state index in [1.807, 2.05) is 6.92 Å². The van der Waals surface area contributed by atoms with Gasteiger partial charge in [-0.3, -0.25) is 4.79 Å². The van der Waals surface area contributed by atoms with Crippen LogP contribution in [-0.4, -0.2) is 26.3 Å². The Morgan fingerprint density at radius 2 is 2.38 bits per heavy atom. The number of aromatic nitrogens is 2. The summed E-state index contributed by atoms with van der Waals surface area (Å²) in [4.78, 5) is 22.5. The number of rotatable bonds is 4. The molecule has 0 saturated heterocycles. The standard InChI is InChI=1S/C15H18N2O2S2/c1-3-10(15(18)19)20-13-12-9-5-4-8(2)6-11(9)21-14(12)17-7-16-13/h7-8,10H,3-6H2,1-2H3,(H,18,19)/t8-,10-/m1/s1. The SMILES string of the molecule is CC[C@@H](Sc1ncnc2sc3c(c12)CC[C@@H](C)C3)C(=O)O. The Labute approximate surface area is 132 Å². The van der Waals surface area contributed by atoms with Crippen molar-refractivity contribution in [3.8, 4) is 0 Å². The van der Waals surface area contributed by atoms with Gasteiger partial charge in [0.1, 0.15) is 21.4 Å². The number of thiophene rings is 1. The molecule has 0 aromatic carbocycles. The second-order valence-corrected chi connectivity index (χ2v) is 7.84. The van der Waals surface area contributed by atoms with Gasteiger partial charge in [0.25, 0.3) is 0 Å². The molecule has 0 bridgehead atoms. The molecular weight excluding hydrogens is 304 g/mol. The number of nitrogens with zero attached hydrogens (tertiary/aromatic N) is 2. The minimum absolute atomic E-state index is 0.443. The number of thioether (sulfide) groups is 1. The van der Waals surface area contributed by atoms with Gasteiger partial charge in [-0.25, -0.2) is 9.97 Å². The zero-order valence-electron chi connectivity index (χ0n) is 12.1. The maximum atomic E-state index is 11.3. The molecule has 1 N–H and O–H groups in total. The molecule has 0 spiro atoms. The summed E-state index contributed by atoms with van der Waals surface area (Å²) < 4.78 is 0. The number of aryl methyl sites for hydroxylation is 1. The Morgan fingerprint density at radius 3 is 3.10 bits per heavy atom. The average Bonchev–Trinajstić information content (AvgIpc) is 2.82. The fraction of sp³-hybridized carbons (Fsp3) is 0.533. The number of hydrogen-bond donors (Lipinski definition) is 1. The molecule has 112 valence electrons. The van der Waals surface area contributed by atoms with Crippen LogP contribution < -0.4 is 0 Å². The highest BCUT2D eigenvalue weighted by atomic mass is 32.2. The van der Waals surface area contributed by atoms with Gasteiger partial charge < -0.3 is 5.11 Å². The minimum Gasteiger partial charge on any atom is -0.480 e. The second kappa shape index (κ2) is 5.93. The van der Waals surface area contributed by atoms with E-state index in [0.29, 0.717) is 6.42 Å². The molecular formula is C15H18N2O2S2. The maximum absolute atomic E-state index is 11.3.